The second kappa shape index (κ2) is 6.79. The molecule has 0 radical (unpaired) electrons. The van der Waals surface area contributed by atoms with E-state index < -0.39 is 0 Å². The molecular formula is C24H23N3O. The van der Waals surface area contributed by atoms with Crippen molar-refractivity contribution in [2.24, 2.45) is 0 Å². The molecule has 1 atom stereocenters. The third-order valence-electron chi connectivity index (χ3n) is 5.81. The van der Waals surface area contributed by atoms with E-state index in [2.05, 4.69) is 47.1 Å². The Morgan fingerprint density at radius 1 is 1.00 bits per heavy atom. The van der Waals surface area contributed by atoms with Gasteiger partial charge in [-0.05, 0) is 61.6 Å². The molecule has 0 saturated heterocycles. The molecule has 2 aliphatic heterocycles. The minimum atomic E-state index is 0.0476. The number of nitrogens with zero attached hydrogens (tertiary/aromatic N) is 3. The van der Waals surface area contributed by atoms with E-state index in [1.54, 1.807) is 6.20 Å². The van der Waals surface area contributed by atoms with Crippen molar-refractivity contribution in [2.75, 3.05) is 16.3 Å². The number of amides is 1. The molecule has 3 heterocycles. The molecule has 140 valence electrons. The number of rotatable bonds is 2. The zero-order valence-electron chi connectivity index (χ0n) is 16.0. The van der Waals surface area contributed by atoms with E-state index in [4.69, 9.17) is 0 Å². The van der Waals surface area contributed by atoms with Crippen molar-refractivity contribution < 1.29 is 4.79 Å². The zero-order valence-corrected chi connectivity index (χ0v) is 16.0. The van der Waals surface area contributed by atoms with Crippen LogP contribution in [0.5, 0.6) is 0 Å². The van der Waals surface area contributed by atoms with E-state index in [-0.39, 0.29) is 11.9 Å². The second-order valence-corrected chi connectivity index (χ2v) is 7.64. The average molecular weight is 369 g/mol. The maximum atomic E-state index is 13.4. The predicted octanol–water partition coefficient (Wildman–Crippen LogP) is 4.76. The Balaban J connectivity index is 1.50. The van der Waals surface area contributed by atoms with Gasteiger partial charge in [0.25, 0.3) is 5.91 Å². The Kier molecular flexibility index (Phi) is 4.12. The number of carbonyl (C=O) groups is 1. The summed E-state index contributed by atoms with van der Waals surface area (Å²) in [6.45, 7) is 3.03. The number of aromatic nitrogens is 1. The summed E-state index contributed by atoms with van der Waals surface area (Å²) in [5, 5.41) is 0. The molecule has 3 aromatic rings. The quantitative estimate of drug-likeness (QED) is 0.654. The maximum Gasteiger partial charge on any atom is 0.258 e. The SMILES string of the molecule is CC1Cc2ccccc2N1C(=O)c1ccnc(N2CCCc3ccccc32)c1. The average Bonchev–Trinajstić information content (AvgIpc) is 3.08. The monoisotopic (exact) mass is 369 g/mol. The lowest BCUT2D eigenvalue weighted by Crippen LogP contribution is -2.36. The molecule has 0 bridgehead atoms. The van der Waals surface area contributed by atoms with Gasteiger partial charge in [-0.2, -0.15) is 0 Å². The third-order valence-corrected chi connectivity index (χ3v) is 5.81. The van der Waals surface area contributed by atoms with Crippen molar-refractivity contribution >= 4 is 23.1 Å². The Hall–Kier alpha value is -3.14. The van der Waals surface area contributed by atoms with Crippen molar-refractivity contribution in [3.8, 4) is 0 Å². The van der Waals surface area contributed by atoms with Crippen molar-refractivity contribution in [1.82, 2.24) is 4.98 Å². The number of hydrogen-bond acceptors (Lipinski definition) is 3. The predicted molar refractivity (Wildman–Crippen MR) is 112 cm³/mol. The van der Waals surface area contributed by atoms with Crippen molar-refractivity contribution in [1.29, 1.82) is 0 Å². The topological polar surface area (TPSA) is 36.4 Å². The van der Waals surface area contributed by atoms with Gasteiger partial charge in [-0.1, -0.05) is 36.4 Å². The minimum Gasteiger partial charge on any atom is -0.326 e. The molecule has 0 N–H and O–H groups in total. The number of para-hydroxylation sites is 2. The van der Waals surface area contributed by atoms with Gasteiger partial charge in [0.1, 0.15) is 5.82 Å². The lowest BCUT2D eigenvalue weighted by molar-refractivity contribution is 0.0981. The Morgan fingerprint density at radius 3 is 2.61 bits per heavy atom. The van der Waals surface area contributed by atoms with Gasteiger partial charge in [-0.15, -0.1) is 0 Å². The summed E-state index contributed by atoms with van der Waals surface area (Å²) in [7, 11) is 0. The molecule has 1 unspecified atom stereocenters. The van der Waals surface area contributed by atoms with E-state index in [0.29, 0.717) is 5.56 Å². The molecule has 28 heavy (non-hydrogen) atoms. The van der Waals surface area contributed by atoms with Gasteiger partial charge in [-0.3, -0.25) is 4.79 Å². The smallest absolute Gasteiger partial charge is 0.258 e. The summed E-state index contributed by atoms with van der Waals surface area (Å²) in [5.74, 6) is 0.893. The van der Waals surface area contributed by atoms with Gasteiger partial charge in [0.05, 0.1) is 0 Å². The molecule has 0 fully saturated rings. The number of pyridine rings is 1. The summed E-state index contributed by atoms with van der Waals surface area (Å²) in [4.78, 5) is 22.1. The largest absolute Gasteiger partial charge is 0.326 e. The first-order valence-corrected chi connectivity index (χ1v) is 9.95. The maximum absolute atomic E-state index is 13.4. The van der Waals surface area contributed by atoms with Crippen LogP contribution >= 0.6 is 0 Å². The lowest BCUT2D eigenvalue weighted by atomic mass is 10.0. The summed E-state index contributed by atoms with van der Waals surface area (Å²) in [6, 6.07) is 20.6. The molecule has 4 nitrogen and oxygen atoms in total. The summed E-state index contributed by atoms with van der Waals surface area (Å²) in [5.41, 5.74) is 5.50. The first-order valence-electron chi connectivity index (χ1n) is 9.95. The van der Waals surface area contributed by atoms with Crippen LogP contribution in [0.25, 0.3) is 0 Å². The summed E-state index contributed by atoms with van der Waals surface area (Å²) >= 11 is 0. The van der Waals surface area contributed by atoms with Crippen LogP contribution in [0.3, 0.4) is 0 Å². The molecule has 4 heteroatoms. The molecule has 1 amide bonds. The van der Waals surface area contributed by atoms with Crippen LogP contribution in [0.15, 0.2) is 66.9 Å². The molecule has 5 rings (SSSR count). The highest BCUT2D eigenvalue weighted by Crippen LogP contribution is 2.35. The van der Waals surface area contributed by atoms with E-state index >= 15 is 0 Å². The van der Waals surface area contributed by atoms with E-state index in [9.17, 15) is 4.79 Å². The number of carbonyl (C=O) groups excluding carboxylic acids is 1. The van der Waals surface area contributed by atoms with Crippen LogP contribution in [0, 0.1) is 0 Å². The molecule has 2 aliphatic rings. The Morgan fingerprint density at radius 2 is 1.75 bits per heavy atom. The van der Waals surface area contributed by atoms with Crippen LogP contribution in [0.2, 0.25) is 0 Å². The van der Waals surface area contributed by atoms with Crippen molar-refractivity contribution in [3.05, 3.63) is 83.6 Å². The minimum absolute atomic E-state index is 0.0476. The van der Waals surface area contributed by atoms with E-state index in [1.165, 1.54) is 16.8 Å². The highest BCUT2D eigenvalue weighted by atomic mass is 16.2. The fourth-order valence-corrected chi connectivity index (χ4v) is 4.48. The molecule has 1 aromatic heterocycles. The zero-order chi connectivity index (χ0) is 19.1. The van der Waals surface area contributed by atoms with Gasteiger partial charge >= 0.3 is 0 Å². The first-order chi connectivity index (χ1) is 13.7. The highest BCUT2D eigenvalue weighted by molar-refractivity contribution is 6.08. The van der Waals surface area contributed by atoms with Crippen LogP contribution in [0.4, 0.5) is 17.2 Å². The number of benzene rings is 2. The normalized spacial score (nSPS) is 18.0. The van der Waals surface area contributed by atoms with Crippen LogP contribution in [0.1, 0.15) is 34.8 Å². The van der Waals surface area contributed by atoms with Gasteiger partial charge in [0.2, 0.25) is 0 Å². The summed E-state index contributed by atoms with van der Waals surface area (Å²) in [6.07, 6.45) is 4.84. The molecule has 0 saturated carbocycles. The Labute approximate surface area is 165 Å². The van der Waals surface area contributed by atoms with Gasteiger partial charge in [-0.25, -0.2) is 4.98 Å². The van der Waals surface area contributed by atoms with Gasteiger partial charge in [0, 0.05) is 35.7 Å². The number of hydrogen-bond donors (Lipinski definition) is 0. The third kappa shape index (κ3) is 2.76. The van der Waals surface area contributed by atoms with E-state index in [1.807, 2.05) is 35.2 Å². The van der Waals surface area contributed by atoms with E-state index in [0.717, 1.165) is 37.3 Å². The molecule has 0 aliphatic carbocycles. The van der Waals surface area contributed by atoms with Crippen LogP contribution < -0.4 is 9.80 Å². The number of anilines is 3. The standard InChI is InChI=1S/C24H23N3O/c1-17-15-19-8-3-5-11-22(19)27(17)24(28)20-12-13-25-23(16-20)26-14-6-9-18-7-2-4-10-21(18)26/h2-5,7-8,10-13,16-17H,6,9,14-15H2,1H3. The molecule has 2 aromatic carbocycles. The fourth-order valence-electron chi connectivity index (χ4n) is 4.48. The molecular weight excluding hydrogens is 346 g/mol. The second-order valence-electron chi connectivity index (χ2n) is 7.64. The first kappa shape index (κ1) is 17.0. The highest BCUT2D eigenvalue weighted by Gasteiger charge is 2.31. The van der Waals surface area contributed by atoms with Crippen LogP contribution in [-0.4, -0.2) is 23.5 Å². The molecule has 0 spiro atoms. The van der Waals surface area contributed by atoms with Crippen molar-refractivity contribution in [2.45, 2.75) is 32.2 Å². The fraction of sp³-hybridized carbons (Fsp3) is 0.250. The summed E-state index contributed by atoms with van der Waals surface area (Å²) < 4.78 is 0. The van der Waals surface area contributed by atoms with Crippen LogP contribution in [-0.2, 0) is 12.8 Å². The van der Waals surface area contributed by atoms with Gasteiger partial charge in [0.15, 0.2) is 0 Å². The number of fused-ring (bicyclic) bond motifs is 2. The lowest BCUT2D eigenvalue weighted by Gasteiger charge is -2.30. The Bertz CT molecular complexity index is 1050. The van der Waals surface area contributed by atoms with Gasteiger partial charge < -0.3 is 9.80 Å². The van der Waals surface area contributed by atoms with Crippen molar-refractivity contribution in [3.63, 3.8) is 0 Å². The number of aryl methyl sites for hydroxylation is 1.